The van der Waals surface area contributed by atoms with Gasteiger partial charge in [-0.1, -0.05) is 122 Å². The van der Waals surface area contributed by atoms with E-state index < -0.39 is 13.9 Å². The van der Waals surface area contributed by atoms with Crippen LogP contribution in [0.3, 0.4) is 0 Å². The molecule has 13 heteroatoms. The fourth-order valence-corrected chi connectivity index (χ4v) is 8.06. The van der Waals surface area contributed by atoms with E-state index in [0.29, 0.717) is 41.9 Å². The van der Waals surface area contributed by atoms with Crippen molar-refractivity contribution in [2.75, 3.05) is 18.9 Å². The minimum Gasteiger partial charge on any atom is -0.490 e. The van der Waals surface area contributed by atoms with Crippen molar-refractivity contribution in [3.63, 3.8) is 0 Å². The van der Waals surface area contributed by atoms with Gasteiger partial charge in [0.25, 0.3) is 0 Å². The van der Waals surface area contributed by atoms with Crippen LogP contribution in [0.2, 0.25) is 0 Å². The Hall–Kier alpha value is -3.04. The van der Waals surface area contributed by atoms with Crippen LogP contribution in [-0.4, -0.2) is 51.0 Å². The van der Waals surface area contributed by atoms with Gasteiger partial charge < -0.3 is 24.8 Å². The van der Waals surface area contributed by atoms with Crippen molar-refractivity contribution < 1.29 is 32.7 Å². The molecule has 4 unspecified atom stereocenters. The summed E-state index contributed by atoms with van der Waals surface area (Å²) in [4.78, 5) is 14.7. The van der Waals surface area contributed by atoms with Crippen LogP contribution < -0.4 is 10.5 Å². The molecule has 1 aromatic carbocycles. The maximum atomic E-state index is 13.0. The predicted octanol–water partition coefficient (Wildman–Crippen LogP) is 11.0. The van der Waals surface area contributed by atoms with Crippen molar-refractivity contribution in [2.24, 2.45) is 0 Å². The van der Waals surface area contributed by atoms with Gasteiger partial charge in [-0.05, 0) is 62.9 Å². The maximum Gasteiger partial charge on any atom is 0.472 e. The summed E-state index contributed by atoms with van der Waals surface area (Å²) in [6.07, 6.45) is 24.3. The maximum absolute atomic E-state index is 13.0. The summed E-state index contributed by atoms with van der Waals surface area (Å²) in [5, 5.41) is 13.8. The quantitative estimate of drug-likeness (QED) is 0.0487. The highest BCUT2D eigenvalue weighted by molar-refractivity contribution is 7.47. The molecule has 0 radical (unpaired) electrons. The Labute approximate surface area is 335 Å². The molecule has 4 rings (SSSR count). The van der Waals surface area contributed by atoms with Crippen LogP contribution in [0.5, 0.6) is 5.75 Å². The molecule has 3 aromatic rings. The van der Waals surface area contributed by atoms with Gasteiger partial charge in [-0.15, -0.1) is 0 Å². The number of hydrogen-bond acceptors (Lipinski definition) is 10. The number of unbranched alkanes of at least 4 members (excludes halogenated alkanes) is 16. The fourth-order valence-electron chi connectivity index (χ4n) is 7.28. The van der Waals surface area contributed by atoms with Gasteiger partial charge in [0.2, 0.25) is 0 Å². The molecule has 0 spiro atoms. The van der Waals surface area contributed by atoms with Crippen molar-refractivity contribution in [2.45, 2.75) is 180 Å². The number of anilines is 1. The lowest BCUT2D eigenvalue weighted by molar-refractivity contribution is -0.0173. The zero-order chi connectivity index (χ0) is 40.0. The first kappa shape index (κ1) is 45.7. The number of nitriles is 1. The highest BCUT2D eigenvalue weighted by Gasteiger charge is 2.32. The molecule has 0 bridgehead atoms. The normalized spacial score (nSPS) is 17.4. The van der Waals surface area contributed by atoms with Crippen molar-refractivity contribution in [1.82, 2.24) is 14.6 Å². The third-order valence-corrected chi connectivity index (χ3v) is 11.4. The molecule has 4 atom stereocenters. The van der Waals surface area contributed by atoms with E-state index >= 15 is 0 Å². The van der Waals surface area contributed by atoms with Crippen LogP contribution in [-0.2, 0) is 29.7 Å². The van der Waals surface area contributed by atoms with Crippen molar-refractivity contribution >= 4 is 19.2 Å². The number of hydrogen-bond donors (Lipinski definition) is 2. The first-order valence-corrected chi connectivity index (χ1v) is 22.8. The van der Waals surface area contributed by atoms with Crippen LogP contribution in [0.1, 0.15) is 172 Å². The molecule has 1 saturated heterocycles. The summed E-state index contributed by atoms with van der Waals surface area (Å²) in [6.45, 7) is 6.17. The molecule has 12 nitrogen and oxygen atoms in total. The lowest BCUT2D eigenvalue weighted by atomic mass is 10.0. The number of ether oxygens (including phenoxy) is 3. The zero-order valence-electron chi connectivity index (χ0n) is 34.2. The van der Waals surface area contributed by atoms with E-state index in [1.165, 1.54) is 96.2 Å². The van der Waals surface area contributed by atoms with Crippen molar-refractivity contribution in [1.29, 1.82) is 5.26 Å². The van der Waals surface area contributed by atoms with Gasteiger partial charge in [-0.2, -0.15) is 10.4 Å². The Morgan fingerprint density at radius 3 is 2.20 bits per heavy atom. The Kier molecular flexibility index (Phi) is 20.7. The summed E-state index contributed by atoms with van der Waals surface area (Å²) in [5.41, 5.74) is 8.83. The topological polar surface area (TPSA) is 163 Å². The van der Waals surface area contributed by atoms with Crippen LogP contribution in [0.15, 0.2) is 36.7 Å². The predicted molar refractivity (Wildman–Crippen MR) is 220 cm³/mol. The van der Waals surface area contributed by atoms with E-state index in [-0.39, 0.29) is 38.1 Å². The number of nitrogens with two attached hydrogens (primary N) is 1. The Morgan fingerprint density at radius 1 is 0.929 bits per heavy atom. The first-order valence-electron chi connectivity index (χ1n) is 21.4. The average molecular weight is 798 g/mol. The number of nitrogens with zero attached hydrogens (tertiary/aromatic N) is 4. The SMILES string of the molecule is CCCCCCCCCCCCCCCCCCCC(COP(=O)(O)OCC1CCC(c2ccc3c(N)ncnn23)O1)OCc1ccc(C#N)c(OC(C)C)c1. The number of phosphoric acid groups is 1. The fraction of sp³-hybridized carbons (Fsp3) is 0.698. The van der Waals surface area contributed by atoms with E-state index in [2.05, 4.69) is 23.1 Å². The highest BCUT2D eigenvalue weighted by atomic mass is 31.2. The van der Waals surface area contributed by atoms with Crippen LogP contribution >= 0.6 is 7.82 Å². The van der Waals surface area contributed by atoms with E-state index in [4.69, 9.17) is 29.0 Å². The molecule has 0 aliphatic carbocycles. The summed E-state index contributed by atoms with van der Waals surface area (Å²) in [6, 6.07) is 11.3. The molecule has 56 heavy (non-hydrogen) atoms. The Balaban J connectivity index is 1.17. The number of nitrogen functional groups attached to an aromatic ring is 1. The van der Waals surface area contributed by atoms with Crippen LogP contribution in [0.4, 0.5) is 5.82 Å². The molecule has 3 heterocycles. The van der Waals surface area contributed by atoms with Crippen molar-refractivity contribution in [3.8, 4) is 11.8 Å². The Morgan fingerprint density at radius 2 is 1.57 bits per heavy atom. The second kappa shape index (κ2) is 25.3. The first-order chi connectivity index (χ1) is 27.2. The molecular formula is C43H68N5O7P. The number of fused-ring (bicyclic) bond motifs is 1. The molecule has 312 valence electrons. The average Bonchev–Trinajstić information content (AvgIpc) is 3.84. The van der Waals surface area contributed by atoms with Gasteiger partial charge in [-0.25, -0.2) is 14.1 Å². The van der Waals surface area contributed by atoms with Crippen LogP contribution in [0, 0.1) is 11.3 Å². The minimum atomic E-state index is -4.39. The lowest BCUT2D eigenvalue weighted by Crippen LogP contribution is -2.21. The second-order valence-corrected chi connectivity index (χ2v) is 17.0. The molecular weight excluding hydrogens is 729 g/mol. The minimum absolute atomic E-state index is 0.0822. The second-order valence-electron chi connectivity index (χ2n) is 15.6. The molecule has 3 N–H and O–H groups in total. The number of phosphoric ester groups is 1. The van der Waals surface area contributed by atoms with Crippen molar-refractivity contribution in [3.05, 3.63) is 53.5 Å². The van der Waals surface area contributed by atoms with E-state index in [0.717, 1.165) is 30.5 Å². The third kappa shape index (κ3) is 16.4. The van der Waals surface area contributed by atoms with E-state index in [1.807, 2.05) is 38.1 Å². The van der Waals surface area contributed by atoms with Gasteiger partial charge in [0, 0.05) is 0 Å². The summed E-state index contributed by atoms with van der Waals surface area (Å²) < 4.78 is 44.0. The third-order valence-electron chi connectivity index (χ3n) is 10.4. The molecule has 1 fully saturated rings. The van der Waals surface area contributed by atoms with Gasteiger partial charge in [0.15, 0.2) is 5.82 Å². The number of rotatable bonds is 30. The number of aromatic nitrogens is 3. The molecule has 2 aromatic heterocycles. The largest absolute Gasteiger partial charge is 0.490 e. The van der Waals surface area contributed by atoms with E-state index in [9.17, 15) is 14.7 Å². The molecule has 0 amide bonds. The number of benzene rings is 1. The van der Waals surface area contributed by atoms with Crippen LogP contribution in [0.25, 0.3) is 5.52 Å². The Bertz CT molecular complexity index is 1650. The molecule has 0 saturated carbocycles. The van der Waals surface area contributed by atoms with E-state index in [1.54, 1.807) is 10.6 Å². The van der Waals surface area contributed by atoms with Gasteiger partial charge in [-0.3, -0.25) is 9.05 Å². The standard InChI is InChI=1S/C43H68N5O7P/c1-4-5-6-7-8-9-10-11-12-13-14-15-16-17-18-19-20-21-37(51-30-35-22-23-36(29-44)42(28-35)54-34(2)3)31-52-56(49,50)53-32-38-24-27-41(55-38)39-25-26-40-43(45)46-33-47-48(39)40/h22-23,25-26,28,33-34,37-38,41H,4-21,24,27,30-32H2,1-3H3,(H,49,50)(H2,45,46,47). The van der Waals surface area contributed by atoms with Gasteiger partial charge >= 0.3 is 7.82 Å². The summed E-state index contributed by atoms with van der Waals surface area (Å²) >= 11 is 0. The monoisotopic (exact) mass is 797 g/mol. The lowest BCUT2D eigenvalue weighted by Gasteiger charge is -2.21. The molecule has 1 aliphatic heterocycles. The van der Waals surface area contributed by atoms with Gasteiger partial charge in [0.1, 0.15) is 29.8 Å². The smallest absolute Gasteiger partial charge is 0.472 e. The summed E-state index contributed by atoms with van der Waals surface area (Å²) in [5.74, 6) is 0.897. The van der Waals surface area contributed by atoms with Gasteiger partial charge in [0.05, 0.1) is 49.4 Å². The highest BCUT2D eigenvalue weighted by Crippen LogP contribution is 2.45. The zero-order valence-corrected chi connectivity index (χ0v) is 35.1. The summed E-state index contributed by atoms with van der Waals surface area (Å²) in [7, 11) is -4.39. The molecule has 1 aliphatic rings.